The van der Waals surface area contributed by atoms with Crippen molar-refractivity contribution in [3.63, 3.8) is 0 Å². The molecule has 0 radical (unpaired) electrons. The van der Waals surface area contributed by atoms with E-state index in [2.05, 4.69) is 15.6 Å². The van der Waals surface area contributed by atoms with E-state index in [9.17, 15) is 19.7 Å². The number of nitrogens with zero attached hydrogens (tertiary/aromatic N) is 1. The average molecular weight is 352 g/mol. The molecule has 0 bridgehead atoms. The van der Waals surface area contributed by atoms with Crippen molar-refractivity contribution in [3.05, 3.63) is 63.8 Å². The lowest BCUT2D eigenvalue weighted by molar-refractivity contribution is -0.384. The summed E-state index contributed by atoms with van der Waals surface area (Å²) in [5.41, 5.74) is 2.63. The fourth-order valence-electron chi connectivity index (χ4n) is 2.66. The molecule has 0 atom stereocenters. The van der Waals surface area contributed by atoms with Crippen LogP contribution in [0.2, 0.25) is 0 Å². The normalized spacial score (nSPS) is 10.5. The van der Waals surface area contributed by atoms with Crippen molar-refractivity contribution in [2.75, 3.05) is 10.6 Å². The molecule has 3 rings (SSSR count). The van der Waals surface area contributed by atoms with Gasteiger partial charge in [-0.3, -0.25) is 19.7 Å². The lowest BCUT2D eigenvalue weighted by Crippen LogP contribution is -2.15. The van der Waals surface area contributed by atoms with E-state index in [0.29, 0.717) is 22.3 Å². The number of anilines is 2. The molecule has 8 heteroatoms. The number of benzene rings is 2. The van der Waals surface area contributed by atoms with Crippen LogP contribution in [0.4, 0.5) is 17.1 Å². The second-order valence-corrected chi connectivity index (χ2v) is 5.87. The molecular formula is C18H16N4O4. The Bertz CT molecular complexity index is 1040. The maximum absolute atomic E-state index is 12.7. The summed E-state index contributed by atoms with van der Waals surface area (Å²) in [5, 5.41) is 16.8. The van der Waals surface area contributed by atoms with Crippen LogP contribution >= 0.6 is 0 Å². The van der Waals surface area contributed by atoms with Gasteiger partial charge in [-0.1, -0.05) is 6.07 Å². The first-order chi connectivity index (χ1) is 12.3. The molecule has 0 unspecified atom stereocenters. The molecule has 132 valence electrons. The second kappa shape index (κ2) is 6.67. The Balaban J connectivity index is 1.97. The molecule has 0 saturated carbocycles. The van der Waals surface area contributed by atoms with Gasteiger partial charge in [0, 0.05) is 36.2 Å². The van der Waals surface area contributed by atoms with Crippen LogP contribution in [0.25, 0.3) is 10.9 Å². The van der Waals surface area contributed by atoms with Gasteiger partial charge in [0.05, 0.1) is 21.9 Å². The number of hydrogen-bond acceptors (Lipinski definition) is 4. The number of aromatic amines is 1. The number of fused-ring (bicyclic) bond motifs is 1. The van der Waals surface area contributed by atoms with Crippen LogP contribution in [-0.4, -0.2) is 21.7 Å². The zero-order valence-corrected chi connectivity index (χ0v) is 14.1. The van der Waals surface area contributed by atoms with Crippen molar-refractivity contribution in [1.82, 2.24) is 4.98 Å². The minimum atomic E-state index is -0.510. The smallest absolute Gasteiger partial charge is 0.270 e. The minimum Gasteiger partial charge on any atom is -0.360 e. The van der Waals surface area contributed by atoms with Crippen molar-refractivity contribution in [2.24, 2.45) is 0 Å². The van der Waals surface area contributed by atoms with Gasteiger partial charge in [0.25, 0.3) is 11.6 Å². The Morgan fingerprint density at radius 1 is 1.08 bits per heavy atom. The zero-order chi connectivity index (χ0) is 18.8. The first-order valence-electron chi connectivity index (χ1n) is 7.80. The van der Waals surface area contributed by atoms with Crippen molar-refractivity contribution in [1.29, 1.82) is 0 Å². The number of aryl methyl sites for hydroxylation is 1. The molecule has 0 aliphatic heterocycles. The van der Waals surface area contributed by atoms with Crippen LogP contribution in [0, 0.1) is 17.0 Å². The number of aromatic nitrogens is 1. The van der Waals surface area contributed by atoms with Gasteiger partial charge in [0.1, 0.15) is 0 Å². The Labute approximate surface area is 148 Å². The molecule has 2 amide bonds. The van der Waals surface area contributed by atoms with Crippen molar-refractivity contribution in [2.45, 2.75) is 13.8 Å². The maximum Gasteiger partial charge on any atom is 0.270 e. The highest BCUT2D eigenvalue weighted by Gasteiger charge is 2.17. The molecule has 8 nitrogen and oxygen atoms in total. The molecule has 0 aliphatic carbocycles. The third-order valence-corrected chi connectivity index (χ3v) is 3.85. The van der Waals surface area contributed by atoms with Crippen LogP contribution in [0.5, 0.6) is 0 Å². The van der Waals surface area contributed by atoms with Crippen LogP contribution in [0.1, 0.15) is 22.8 Å². The average Bonchev–Trinajstić information content (AvgIpc) is 3.00. The first kappa shape index (κ1) is 17.2. The predicted molar refractivity (Wildman–Crippen MR) is 98.4 cm³/mol. The van der Waals surface area contributed by atoms with Gasteiger partial charge in [0.15, 0.2) is 0 Å². The summed E-state index contributed by atoms with van der Waals surface area (Å²) in [7, 11) is 0. The van der Waals surface area contributed by atoms with Gasteiger partial charge >= 0.3 is 0 Å². The third-order valence-electron chi connectivity index (χ3n) is 3.85. The van der Waals surface area contributed by atoms with Crippen molar-refractivity contribution in [3.8, 4) is 0 Å². The number of non-ortho nitro benzene ring substituents is 1. The minimum absolute atomic E-state index is 0.0966. The first-order valence-corrected chi connectivity index (χ1v) is 7.80. The van der Waals surface area contributed by atoms with Gasteiger partial charge in [0.2, 0.25) is 5.91 Å². The fraction of sp³-hybridized carbons (Fsp3) is 0.111. The van der Waals surface area contributed by atoms with Gasteiger partial charge < -0.3 is 15.6 Å². The molecule has 1 aromatic heterocycles. The van der Waals surface area contributed by atoms with E-state index in [1.54, 1.807) is 18.2 Å². The molecule has 26 heavy (non-hydrogen) atoms. The van der Waals surface area contributed by atoms with Gasteiger partial charge in [-0.25, -0.2) is 0 Å². The van der Waals surface area contributed by atoms with E-state index < -0.39 is 10.8 Å². The van der Waals surface area contributed by atoms with Gasteiger partial charge in [-0.2, -0.15) is 0 Å². The summed E-state index contributed by atoms with van der Waals surface area (Å²) in [6.45, 7) is 3.24. The highest BCUT2D eigenvalue weighted by atomic mass is 16.6. The second-order valence-electron chi connectivity index (χ2n) is 5.87. The largest absolute Gasteiger partial charge is 0.360 e. The summed E-state index contributed by atoms with van der Waals surface area (Å²) < 4.78 is 0. The number of carbonyl (C=O) groups is 2. The standard InChI is InChI=1S/C18H16N4O4/c1-10-3-5-16(20-11(2)23)17(7-10)21-18(24)14-9-19-15-6-4-12(22(25)26)8-13(14)15/h3-9,19H,1-2H3,(H,20,23)(H,21,24). The monoisotopic (exact) mass is 352 g/mol. The fourth-order valence-corrected chi connectivity index (χ4v) is 2.66. The Morgan fingerprint density at radius 3 is 2.54 bits per heavy atom. The number of carbonyl (C=O) groups excluding carboxylic acids is 2. The maximum atomic E-state index is 12.7. The van der Waals surface area contributed by atoms with E-state index >= 15 is 0 Å². The molecule has 1 heterocycles. The number of nitrogens with one attached hydrogen (secondary N) is 3. The lowest BCUT2D eigenvalue weighted by Gasteiger charge is -2.12. The van der Waals surface area contributed by atoms with Crippen LogP contribution < -0.4 is 10.6 Å². The molecule has 0 spiro atoms. The number of nitro benzene ring substituents is 1. The lowest BCUT2D eigenvalue weighted by atomic mass is 10.1. The molecule has 0 fully saturated rings. The predicted octanol–water partition coefficient (Wildman–Crippen LogP) is 3.60. The number of amides is 2. The van der Waals surface area contributed by atoms with Crippen LogP contribution in [-0.2, 0) is 4.79 Å². The highest BCUT2D eigenvalue weighted by molar-refractivity contribution is 6.14. The topological polar surface area (TPSA) is 117 Å². The van der Waals surface area contributed by atoms with Gasteiger partial charge in [-0.05, 0) is 30.7 Å². The van der Waals surface area contributed by atoms with Gasteiger partial charge in [-0.15, -0.1) is 0 Å². The number of rotatable bonds is 4. The number of hydrogen-bond donors (Lipinski definition) is 3. The summed E-state index contributed by atoms with van der Waals surface area (Å²) in [4.78, 5) is 37.4. The summed E-state index contributed by atoms with van der Waals surface area (Å²) in [5.74, 6) is -0.693. The molecule has 0 aliphatic rings. The molecule has 3 N–H and O–H groups in total. The number of nitro groups is 1. The molecule has 2 aromatic carbocycles. The highest BCUT2D eigenvalue weighted by Crippen LogP contribution is 2.27. The zero-order valence-electron chi connectivity index (χ0n) is 14.1. The SMILES string of the molecule is CC(=O)Nc1ccc(C)cc1NC(=O)c1c[nH]c2ccc([N+](=O)[O-])cc12. The van der Waals surface area contributed by atoms with E-state index in [1.165, 1.54) is 25.3 Å². The van der Waals surface area contributed by atoms with Crippen LogP contribution in [0.3, 0.4) is 0 Å². The molecule has 0 saturated heterocycles. The van der Waals surface area contributed by atoms with E-state index in [-0.39, 0.29) is 17.2 Å². The van der Waals surface area contributed by atoms with E-state index in [0.717, 1.165) is 5.56 Å². The number of H-pyrrole nitrogens is 1. The Kier molecular flexibility index (Phi) is 4.40. The Hall–Kier alpha value is -3.68. The van der Waals surface area contributed by atoms with E-state index in [1.807, 2.05) is 13.0 Å². The Morgan fingerprint density at radius 2 is 1.85 bits per heavy atom. The summed E-state index contributed by atoms with van der Waals surface area (Å²) in [6.07, 6.45) is 1.50. The van der Waals surface area contributed by atoms with E-state index in [4.69, 9.17) is 0 Å². The molecular weight excluding hydrogens is 336 g/mol. The quantitative estimate of drug-likeness (QED) is 0.491. The van der Waals surface area contributed by atoms with Crippen molar-refractivity contribution < 1.29 is 14.5 Å². The molecule has 3 aromatic rings. The third kappa shape index (κ3) is 3.39. The van der Waals surface area contributed by atoms with Crippen LogP contribution in [0.15, 0.2) is 42.6 Å². The summed E-state index contributed by atoms with van der Waals surface area (Å²) >= 11 is 0. The van der Waals surface area contributed by atoms with Crippen molar-refractivity contribution >= 4 is 39.8 Å². The summed E-state index contributed by atoms with van der Waals surface area (Å²) in [6, 6.07) is 9.53.